The van der Waals surface area contributed by atoms with Crippen LogP contribution in [0.3, 0.4) is 0 Å². The first-order chi connectivity index (χ1) is 14.2. The molecule has 4 rings (SSSR count). The third-order valence-corrected chi connectivity index (χ3v) is 6.83. The number of hydrogen-bond acceptors (Lipinski definition) is 5. The molecular weight excluding hydrogens is 400 g/mol. The summed E-state index contributed by atoms with van der Waals surface area (Å²) in [6, 6.07) is 14.9. The predicted molar refractivity (Wildman–Crippen MR) is 118 cm³/mol. The van der Waals surface area contributed by atoms with E-state index < -0.39 is 0 Å². The zero-order valence-corrected chi connectivity index (χ0v) is 18.2. The molecule has 2 heterocycles. The molecule has 152 valence electrons. The summed E-state index contributed by atoms with van der Waals surface area (Å²) in [5.74, 6) is 1.41. The Morgan fingerprint density at radius 2 is 2.07 bits per heavy atom. The molecule has 5 nitrogen and oxygen atoms in total. The molecule has 1 fully saturated rings. The maximum atomic E-state index is 12.6. The first-order valence-electron chi connectivity index (χ1n) is 10.2. The molecule has 1 amide bonds. The number of thioether (sulfide) groups is 1. The van der Waals surface area contributed by atoms with E-state index in [2.05, 4.69) is 56.7 Å². The fourth-order valence-electron chi connectivity index (χ4n) is 3.46. The largest absolute Gasteiger partial charge is 0.349 e. The van der Waals surface area contributed by atoms with Gasteiger partial charge in [0.05, 0.1) is 11.8 Å². The number of nitrogens with one attached hydrogen (secondary N) is 1. The van der Waals surface area contributed by atoms with Gasteiger partial charge in [-0.25, -0.2) is 0 Å². The van der Waals surface area contributed by atoms with Crippen LogP contribution in [0.2, 0.25) is 0 Å². The minimum atomic E-state index is 0.0439. The van der Waals surface area contributed by atoms with Crippen molar-refractivity contribution in [2.75, 3.05) is 5.75 Å². The Hall–Kier alpha value is -2.12. The molecule has 1 unspecified atom stereocenters. The van der Waals surface area contributed by atoms with Gasteiger partial charge in [0.15, 0.2) is 5.16 Å². The Bertz CT molecular complexity index is 920. The lowest BCUT2D eigenvalue weighted by Crippen LogP contribution is -2.30. The Balaban J connectivity index is 1.39. The summed E-state index contributed by atoms with van der Waals surface area (Å²) in [4.78, 5) is 13.9. The summed E-state index contributed by atoms with van der Waals surface area (Å²) in [5.41, 5.74) is 1.16. The zero-order chi connectivity index (χ0) is 20.1. The third-order valence-electron chi connectivity index (χ3n) is 5.01. The minimum Gasteiger partial charge on any atom is -0.349 e. The van der Waals surface area contributed by atoms with Gasteiger partial charge >= 0.3 is 0 Å². The van der Waals surface area contributed by atoms with Crippen LogP contribution >= 0.6 is 23.1 Å². The van der Waals surface area contributed by atoms with Crippen molar-refractivity contribution in [3.8, 4) is 0 Å². The molecule has 7 heteroatoms. The average Bonchev–Trinajstić information content (AvgIpc) is 3.29. The number of benzene rings is 1. The quantitative estimate of drug-likeness (QED) is 0.463. The summed E-state index contributed by atoms with van der Waals surface area (Å²) in [6.07, 6.45) is 5.10. The second kappa shape index (κ2) is 9.59. The van der Waals surface area contributed by atoms with Gasteiger partial charge in [0.25, 0.3) is 0 Å². The lowest BCUT2D eigenvalue weighted by molar-refractivity contribution is -0.119. The van der Waals surface area contributed by atoms with Crippen LogP contribution in [-0.4, -0.2) is 26.4 Å². The van der Waals surface area contributed by atoms with Crippen LogP contribution in [0.1, 0.15) is 61.0 Å². The lowest BCUT2D eigenvalue weighted by atomic mass is 10.0. The molecule has 0 radical (unpaired) electrons. The molecule has 1 saturated carbocycles. The molecule has 1 atom stereocenters. The van der Waals surface area contributed by atoms with Gasteiger partial charge in [-0.3, -0.25) is 4.79 Å². The molecule has 0 aliphatic heterocycles. The van der Waals surface area contributed by atoms with Crippen molar-refractivity contribution >= 4 is 29.0 Å². The smallest absolute Gasteiger partial charge is 0.230 e. The topological polar surface area (TPSA) is 59.8 Å². The lowest BCUT2D eigenvalue weighted by Gasteiger charge is -2.18. The first kappa shape index (κ1) is 20.2. The standard InChI is InChI=1S/C22H26N4OS2/c1-2-7-19(16-8-4-3-5-9-16)23-21(27)15-29-22-25-24-20(26(22)17-11-12-17)14-18-10-6-13-28-18/h3-6,8-10,13,17,19H,2,7,11-12,14-15H2,1H3,(H,23,27). The minimum absolute atomic E-state index is 0.0439. The number of carbonyl (C=O) groups is 1. The summed E-state index contributed by atoms with van der Waals surface area (Å²) in [7, 11) is 0. The molecule has 1 N–H and O–H groups in total. The van der Waals surface area contributed by atoms with Crippen LogP contribution in [0, 0.1) is 0 Å². The highest BCUT2D eigenvalue weighted by atomic mass is 32.2. The van der Waals surface area contributed by atoms with Gasteiger partial charge in [-0.2, -0.15) is 0 Å². The Kier molecular flexibility index (Phi) is 6.67. The second-order valence-corrected chi connectivity index (χ2v) is 9.34. The molecule has 1 aromatic carbocycles. The normalized spacial score (nSPS) is 14.7. The van der Waals surface area contributed by atoms with E-state index in [-0.39, 0.29) is 11.9 Å². The highest BCUT2D eigenvalue weighted by molar-refractivity contribution is 7.99. The van der Waals surface area contributed by atoms with Crippen molar-refractivity contribution in [3.63, 3.8) is 0 Å². The first-order valence-corrected chi connectivity index (χ1v) is 12.0. The van der Waals surface area contributed by atoms with Crippen LogP contribution < -0.4 is 5.32 Å². The Labute approximate surface area is 179 Å². The Morgan fingerprint density at radius 3 is 2.76 bits per heavy atom. The fraction of sp³-hybridized carbons (Fsp3) is 0.409. The van der Waals surface area contributed by atoms with E-state index in [0.717, 1.165) is 35.8 Å². The van der Waals surface area contributed by atoms with Gasteiger partial charge in [-0.05, 0) is 36.3 Å². The molecule has 0 saturated heterocycles. The van der Waals surface area contributed by atoms with Crippen molar-refractivity contribution < 1.29 is 4.79 Å². The van der Waals surface area contributed by atoms with Crippen molar-refractivity contribution in [1.29, 1.82) is 0 Å². The molecular formula is C22H26N4OS2. The maximum absolute atomic E-state index is 12.6. The number of aromatic nitrogens is 3. The fourth-order valence-corrected chi connectivity index (χ4v) is 4.99. The molecule has 2 aromatic heterocycles. The van der Waals surface area contributed by atoms with Crippen molar-refractivity contribution in [3.05, 3.63) is 64.1 Å². The molecule has 29 heavy (non-hydrogen) atoms. The number of nitrogens with zero attached hydrogens (tertiary/aromatic N) is 3. The van der Waals surface area contributed by atoms with E-state index >= 15 is 0 Å². The van der Waals surface area contributed by atoms with Gasteiger partial charge < -0.3 is 9.88 Å². The van der Waals surface area contributed by atoms with Gasteiger partial charge in [-0.15, -0.1) is 21.5 Å². The number of thiophene rings is 1. The zero-order valence-electron chi connectivity index (χ0n) is 16.6. The van der Waals surface area contributed by atoms with Crippen molar-refractivity contribution in [2.24, 2.45) is 0 Å². The van der Waals surface area contributed by atoms with E-state index in [1.54, 1.807) is 11.3 Å². The number of rotatable bonds is 10. The summed E-state index contributed by atoms with van der Waals surface area (Å²) in [5, 5.41) is 15.0. The van der Waals surface area contributed by atoms with Gasteiger partial charge in [0, 0.05) is 17.3 Å². The molecule has 1 aliphatic carbocycles. The van der Waals surface area contributed by atoms with Crippen LogP contribution in [0.5, 0.6) is 0 Å². The summed E-state index contributed by atoms with van der Waals surface area (Å²) >= 11 is 3.24. The number of carbonyl (C=O) groups excluding carboxylic acids is 1. The SMILES string of the molecule is CCCC(NC(=O)CSc1nnc(Cc2cccs2)n1C1CC1)c1ccccc1. The van der Waals surface area contributed by atoms with Gasteiger partial charge in [-0.1, -0.05) is 61.5 Å². The van der Waals surface area contributed by atoms with E-state index in [1.807, 2.05) is 18.2 Å². The monoisotopic (exact) mass is 426 g/mol. The highest BCUT2D eigenvalue weighted by Gasteiger charge is 2.30. The summed E-state index contributed by atoms with van der Waals surface area (Å²) in [6.45, 7) is 2.14. The van der Waals surface area contributed by atoms with E-state index in [1.165, 1.54) is 29.5 Å². The third kappa shape index (κ3) is 5.28. The van der Waals surface area contributed by atoms with Crippen LogP contribution in [-0.2, 0) is 11.2 Å². The Morgan fingerprint density at radius 1 is 1.24 bits per heavy atom. The molecule has 0 bridgehead atoms. The van der Waals surface area contributed by atoms with Crippen LogP contribution in [0.25, 0.3) is 0 Å². The van der Waals surface area contributed by atoms with E-state index in [9.17, 15) is 4.79 Å². The van der Waals surface area contributed by atoms with Crippen molar-refractivity contribution in [2.45, 2.75) is 56.3 Å². The van der Waals surface area contributed by atoms with Crippen LogP contribution in [0.15, 0.2) is 53.0 Å². The molecule has 3 aromatic rings. The maximum Gasteiger partial charge on any atom is 0.230 e. The van der Waals surface area contributed by atoms with E-state index in [4.69, 9.17) is 0 Å². The highest BCUT2D eigenvalue weighted by Crippen LogP contribution is 2.39. The average molecular weight is 427 g/mol. The van der Waals surface area contributed by atoms with Gasteiger partial charge in [0.1, 0.15) is 5.82 Å². The summed E-state index contributed by atoms with van der Waals surface area (Å²) < 4.78 is 2.25. The van der Waals surface area contributed by atoms with Crippen molar-refractivity contribution in [1.82, 2.24) is 20.1 Å². The van der Waals surface area contributed by atoms with Gasteiger partial charge in [0.2, 0.25) is 5.91 Å². The predicted octanol–water partition coefficient (Wildman–Crippen LogP) is 5.02. The number of amides is 1. The second-order valence-electron chi connectivity index (χ2n) is 7.36. The number of hydrogen-bond donors (Lipinski definition) is 1. The van der Waals surface area contributed by atoms with E-state index in [0.29, 0.717) is 11.8 Å². The van der Waals surface area contributed by atoms with Crippen LogP contribution in [0.4, 0.5) is 0 Å². The molecule has 0 spiro atoms. The molecule has 1 aliphatic rings.